The van der Waals surface area contributed by atoms with E-state index in [9.17, 15) is 4.79 Å². The molecule has 0 aliphatic rings. The fourth-order valence-corrected chi connectivity index (χ4v) is 3.29. The molecule has 0 bridgehead atoms. The van der Waals surface area contributed by atoms with E-state index in [0.29, 0.717) is 22.8 Å². The quantitative estimate of drug-likeness (QED) is 0.609. The molecule has 3 aromatic rings. The predicted octanol–water partition coefficient (Wildman–Crippen LogP) is 4.50. The lowest BCUT2D eigenvalue weighted by molar-refractivity contribution is 0.0756. The molecule has 1 amide bonds. The average Bonchev–Trinajstić information content (AvgIpc) is 3.10. The molecule has 2 heterocycles. The molecule has 0 radical (unpaired) electrons. The first-order valence-corrected chi connectivity index (χ1v) is 9.50. The number of hydrogen-bond donors (Lipinski definition) is 0. The number of aryl methyl sites for hydroxylation is 1. The normalized spacial score (nSPS) is 10.6. The van der Waals surface area contributed by atoms with E-state index >= 15 is 0 Å². The minimum absolute atomic E-state index is 0.0129. The van der Waals surface area contributed by atoms with Crippen LogP contribution in [0, 0.1) is 11.3 Å². The number of benzene rings is 1. The first-order valence-electron chi connectivity index (χ1n) is 9.50. The molecule has 0 N–H and O–H groups in total. The van der Waals surface area contributed by atoms with E-state index in [4.69, 9.17) is 10.00 Å². The van der Waals surface area contributed by atoms with Gasteiger partial charge in [0.2, 0.25) is 5.88 Å². The van der Waals surface area contributed by atoms with Gasteiger partial charge in [0, 0.05) is 32.5 Å². The molecule has 144 valence electrons. The zero-order valence-corrected chi connectivity index (χ0v) is 16.5. The van der Waals surface area contributed by atoms with Gasteiger partial charge >= 0.3 is 0 Å². The van der Waals surface area contributed by atoms with Crippen molar-refractivity contribution >= 4 is 16.8 Å². The second-order valence-corrected chi connectivity index (χ2v) is 6.70. The number of amides is 1. The molecule has 0 fully saturated rings. The Kier molecular flexibility index (Phi) is 5.95. The van der Waals surface area contributed by atoms with Crippen LogP contribution in [0.5, 0.6) is 11.6 Å². The molecule has 0 atom stereocenters. The molecule has 3 rings (SSSR count). The molecule has 0 aliphatic carbocycles. The van der Waals surface area contributed by atoms with E-state index in [-0.39, 0.29) is 5.91 Å². The van der Waals surface area contributed by atoms with Gasteiger partial charge in [-0.1, -0.05) is 19.9 Å². The third-order valence-corrected chi connectivity index (χ3v) is 4.55. The van der Waals surface area contributed by atoms with Crippen molar-refractivity contribution in [1.82, 2.24) is 14.5 Å². The largest absolute Gasteiger partial charge is 0.438 e. The van der Waals surface area contributed by atoms with E-state index < -0.39 is 0 Å². The Morgan fingerprint density at radius 1 is 1.25 bits per heavy atom. The molecule has 2 aromatic heterocycles. The second kappa shape index (κ2) is 8.57. The smallest absolute Gasteiger partial charge is 0.257 e. The highest BCUT2D eigenvalue weighted by molar-refractivity contribution is 6.06. The Hall–Kier alpha value is -3.33. The maximum atomic E-state index is 13.1. The van der Waals surface area contributed by atoms with Crippen molar-refractivity contribution in [2.24, 2.45) is 7.05 Å². The number of fused-ring (bicyclic) bond motifs is 1. The van der Waals surface area contributed by atoms with Crippen molar-refractivity contribution in [3.8, 4) is 17.7 Å². The number of rotatable bonds is 7. The number of pyridine rings is 1. The van der Waals surface area contributed by atoms with Crippen molar-refractivity contribution in [3.63, 3.8) is 0 Å². The molecule has 0 saturated carbocycles. The molecule has 6 heteroatoms. The van der Waals surface area contributed by atoms with Crippen LogP contribution in [0.3, 0.4) is 0 Å². The molecule has 0 unspecified atom stereocenters. The third-order valence-electron chi connectivity index (χ3n) is 4.55. The summed E-state index contributed by atoms with van der Waals surface area (Å²) in [7, 11) is 1.91. The monoisotopic (exact) mass is 376 g/mol. The highest BCUT2D eigenvalue weighted by Crippen LogP contribution is 2.31. The summed E-state index contributed by atoms with van der Waals surface area (Å²) < 4.78 is 7.85. The van der Waals surface area contributed by atoms with Crippen molar-refractivity contribution in [2.45, 2.75) is 26.7 Å². The average molecular weight is 376 g/mol. The van der Waals surface area contributed by atoms with Crippen molar-refractivity contribution in [3.05, 3.63) is 53.9 Å². The van der Waals surface area contributed by atoms with Gasteiger partial charge in [-0.3, -0.25) is 4.79 Å². The van der Waals surface area contributed by atoms with Gasteiger partial charge in [-0.05, 0) is 37.1 Å². The third kappa shape index (κ3) is 3.84. The van der Waals surface area contributed by atoms with Gasteiger partial charge < -0.3 is 14.2 Å². The van der Waals surface area contributed by atoms with Crippen LogP contribution in [0.1, 0.15) is 42.6 Å². The van der Waals surface area contributed by atoms with Crippen LogP contribution in [-0.2, 0) is 7.05 Å². The van der Waals surface area contributed by atoms with Gasteiger partial charge in [0.15, 0.2) is 0 Å². The maximum absolute atomic E-state index is 13.1. The van der Waals surface area contributed by atoms with Crippen LogP contribution >= 0.6 is 0 Å². The molecule has 0 saturated heterocycles. The molecule has 6 nitrogen and oxygen atoms in total. The van der Waals surface area contributed by atoms with Gasteiger partial charge in [-0.2, -0.15) is 5.26 Å². The van der Waals surface area contributed by atoms with E-state index in [1.54, 1.807) is 30.5 Å². The Labute approximate surface area is 165 Å². The van der Waals surface area contributed by atoms with Gasteiger partial charge in [0.25, 0.3) is 5.91 Å². The Morgan fingerprint density at radius 2 is 2.00 bits per heavy atom. The van der Waals surface area contributed by atoms with Crippen LogP contribution in [0.2, 0.25) is 0 Å². The molecular formula is C22H24N4O2. The van der Waals surface area contributed by atoms with Crippen LogP contribution in [0.25, 0.3) is 10.9 Å². The zero-order chi connectivity index (χ0) is 20.1. The summed E-state index contributed by atoms with van der Waals surface area (Å²) in [6, 6.07) is 10.9. The standard InChI is InChI=1S/C22H24N4O2/c1-4-10-26(11-5-2)22(27)19-15-24-21(18-9-12-25(3)20(18)19)28-17-8-6-7-16(13-17)14-23/h6-9,12-13,15H,4-5,10-11H2,1-3H3. The predicted molar refractivity (Wildman–Crippen MR) is 108 cm³/mol. The highest BCUT2D eigenvalue weighted by Gasteiger charge is 2.21. The van der Waals surface area contributed by atoms with Gasteiger partial charge in [-0.15, -0.1) is 0 Å². The lowest BCUT2D eigenvalue weighted by atomic mass is 10.1. The first kappa shape index (κ1) is 19.4. The fourth-order valence-electron chi connectivity index (χ4n) is 3.29. The van der Waals surface area contributed by atoms with Crippen LogP contribution in [-0.4, -0.2) is 33.4 Å². The van der Waals surface area contributed by atoms with Gasteiger partial charge in [0.05, 0.1) is 28.1 Å². The summed E-state index contributed by atoms with van der Waals surface area (Å²) in [4.78, 5) is 19.4. The summed E-state index contributed by atoms with van der Waals surface area (Å²) in [5.41, 5.74) is 1.88. The van der Waals surface area contributed by atoms with E-state index in [0.717, 1.165) is 36.8 Å². The Bertz CT molecular complexity index is 1030. The lowest BCUT2D eigenvalue weighted by Crippen LogP contribution is -2.32. The van der Waals surface area contributed by atoms with E-state index in [1.165, 1.54) is 0 Å². The minimum atomic E-state index is -0.0129. The minimum Gasteiger partial charge on any atom is -0.438 e. The van der Waals surface area contributed by atoms with Gasteiger partial charge in [-0.25, -0.2) is 4.98 Å². The van der Waals surface area contributed by atoms with Gasteiger partial charge in [0.1, 0.15) is 5.75 Å². The summed E-state index contributed by atoms with van der Waals surface area (Å²) in [6.07, 6.45) is 5.30. The molecule has 0 aliphatic heterocycles. The highest BCUT2D eigenvalue weighted by atomic mass is 16.5. The van der Waals surface area contributed by atoms with Crippen LogP contribution in [0.4, 0.5) is 0 Å². The zero-order valence-electron chi connectivity index (χ0n) is 16.5. The number of carbonyl (C=O) groups is 1. The summed E-state index contributed by atoms with van der Waals surface area (Å²) >= 11 is 0. The van der Waals surface area contributed by atoms with Crippen molar-refractivity contribution < 1.29 is 9.53 Å². The number of ether oxygens (including phenoxy) is 1. The molecular weight excluding hydrogens is 352 g/mol. The number of hydrogen-bond acceptors (Lipinski definition) is 4. The van der Waals surface area contributed by atoms with Crippen LogP contribution in [0.15, 0.2) is 42.7 Å². The topological polar surface area (TPSA) is 71.2 Å². The molecule has 0 spiro atoms. The number of nitriles is 1. The number of nitrogens with zero attached hydrogens (tertiary/aromatic N) is 4. The van der Waals surface area contributed by atoms with Crippen LogP contribution < -0.4 is 4.74 Å². The Balaban J connectivity index is 2.02. The van der Waals surface area contributed by atoms with E-state index in [2.05, 4.69) is 24.9 Å². The summed E-state index contributed by atoms with van der Waals surface area (Å²) in [6.45, 7) is 5.58. The number of aromatic nitrogens is 2. The fraction of sp³-hybridized carbons (Fsp3) is 0.318. The van der Waals surface area contributed by atoms with Crippen molar-refractivity contribution in [1.29, 1.82) is 5.26 Å². The molecule has 1 aromatic carbocycles. The Morgan fingerprint density at radius 3 is 2.68 bits per heavy atom. The summed E-state index contributed by atoms with van der Waals surface area (Å²) in [5.74, 6) is 0.940. The lowest BCUT2D eigenvalue weighted by Gasteiger charge is -2.22. The summed E-state index contributed by atoms with van der Waals surface area (Å²) in [5, 5.41) is 9.84. The second-order valence-electron chi connectivity index (χ2n) is 6.70. The maximum Gasteiger partial charge on any atom is 0.257 e. The molecule has 28 heavy (non-hydrogen) atoms. The SMILES string of the molecule is CCCN(CCC)C(=O)c1cnc(Oc2cccc(C#N)c2)c2ccn(C)c12. The van der Waals surface area contributed by atoms with E-state index in [1.807, 2.05) is 28.8 Å². The number of carbonyl (C=O) groups excluding carboxylic acids is 1. The first-order chi connectivity index (χ1) is 13.6. The van der Waals surface area contributed by atoms with Crippen molar-refractivity contribution in [2.75, 3.05) is 13.1 Å².